The second-order valence-electron chi connectivity index (χ2n) is 5.17. The molecule has 1 saturated carbocycles. The molecule has 19 heavy (non-hydrogen) atoms. The lowest BCUT2D eigenvalue weighted by molar-refractivity contribution is -0.145. The largest absolute Gasteiger partial charge is 0.481 e. The van der Waals surface area contributed by atoms with Gasteiger partial charge >= 0.3 is 5.97 Å². The van der Waals surface area contributed by atoms with E-state index in [1.54, 1.807) is 11.9 Å². The second-order valence-corrected chi connectivity index (χ2v) is 5.17. The van der Waals surface area contributed by atoms with E-state index in [0.717, 1.165) is 17.7 Å². The van der Waals surface area contributed by atoms with Crippen LogP contribution in [-0.2, 0) is 9.59 Å². The molecule has 1 fully saturated rings. The van der Waals surface area contributed by atoms with E-state index in [1.165, 1.54) is 0 Å². The molecule has 1 aliphatic carbocycles. The van der Waals surface area contributed by atoms with Crippen molar-refractivity contribution in [2.75, 3.05) is 11.9 Å². The highest BCUT2D eigenvalue weighted by Crippen LogP contribution is 2.34. The Balaban J connectivity index is 2.20. The first kappa shape index (κ1) is 13.6. The lowest BCUT2D eigenvalue weighted by Gasteiger charge is -2.24. The van der Waals surface area contributed by atoms with E-state index in [2.05, 4.69) is 0 Å². The molecule has 1 aliphatic rings. The van der Waals surface area contributed by atoms with Crippen molar-refractivity contribution < 1.29 is 14.7 Å². The van der Waals surface area contributed by atoms with Crippen LogP contribution < -0.4 is 4.90 Å². The molecule has 102 valence electrons. The van der Waals surface area contributed by atoms with Gasteiger partial charge in [0.05, 0.1) is 11.8 Å². The molecule has 0 bridgehead atoms. The summed E-state index contributed by atoms with van der Waals surface area (Å²) in [6.07, 6.45) is 2.09. The minimum absolute atomic E-state index is 0.0841. The monoisotopic (exact) mass is 261 g/mol. The number of carboxylic acid groups (broad SMARTS) is 1. The Hall–Kier alpha value is -1.84. The van der Waals surface area contributed by atoms with Gasteiger partial charge in [-0.25, -0.2) is 0 Å². The molecule has 2 unspecified atom stereocenters. The van der Waals surface area contributed by atoms with Crippen molar-refractivity contribution in [3.63, 3.8) is 0 Å². The number of hydrogen-bond acceptors (Lipinski definition) is 2. The average Bonchev–Trinajstić information content (AvgIpc) is 2.87. The Bertz CT molecular complexity index is 498. The van der Waals surface area contributed by atoms with E-state index < -0.39 is 11.9 Å². The van der Waals surface area contributed by atoms with Crippen LogP contribution in [0.5, 0.6) is 0 Å². The van der Waals surface area contributed by atoms with Gasteiger partial charge in [-0.1, -0.05) is 24.6 Å². The molecule has 1 aromatic rings. The van der Waals surface area contributed by atoms with E-state index in [4.69, 9.17) is 5.11 Å². The average molecular weight is 261 g/mol. The highest BCUT2D eigenvalue weighted by Gasteiger charge is 2.39. The molecule has 0 aliphatic heterocycles. The maximum Gasteiger partial charge on any atom is 0.307 e. The van der Waals surface area contributed by atoms with Gasteiger partial charge in [-0.3, -0.25) is 9.59 Å². The van der Waals surface area contributed by atoms with E-state index in [-0.39, 0.29) is 11.8 Å². The van der Waals surface area contributed by atoms with Crippen LogP contribution >= 0.6 is 0 Å². The first-order chi connectivity index (χ1) is 9.02. The molecule has 1 N–H and O–H groups in total. The van der Waals surface area contributed by atoms with Gasteiger partial charge in [-0.2, -0.15) is 0 Å². The molecule has 0 saturated heterocycles. The Labute approximate surface area is 113 Å². The number of rotatable bonds is 3. The van der Waals surface area contributed by atoms with Gasteiger partial charge in [-0.05, 0) is 31.4 Å². The summed E-state index contributed by atoms with van der Waals surface area (Å²) in [6, 6.07) is 7.64. The molecule has 0 radical (unpaired) electrons. The van der Waals surface area contributed by atoms with E-state index in [1.807, 2.05) is 31.2 Å². The molecular formula is C15H19NO3. The fraction of sp³-hybridized carbons (Fsp3) is 0.467. The Morgan fingerprint density at radius 3 is 2.47 bits per heavy atom. The van der Waals surface area contributed by atoms with Crippen LogP contribution in [0.4, 0.5) is 5.69 Å². The molecular weight excluding hydrogens is 242 g/mol. The standard InChI is InChI=1S/C15H19NO3/c1-10-6-3-4-9-13(10)16(2)14(17)11-7-5-8-12(11)15(18)19/h3-4,6,9,11-12H,5,7-8H2,1-2H3,(H,18,19). The van der Waals surface area contributed by atoms with Crippen molar-refractivity contribution in [1.29, 1.82) is 0 Å². The highest BCUT2D eigenvalue weighted by atomic mass is 16.4. The first-order valence-electron chi connectivity index (χ1n) is 6.58. The van der Waals surface area contributed by atoms with Gasteiger partial charge in [-0.15, -0.1) is 0 Å². The summed E-state index contributed by atoms with van der Waals surface area (Å²) in [6.45, 7) is 1.95. The molecule has 0 heterocycles. The molecule has 4 heteroatoms. The number of hydrogen-bond donors (Lipinski definition) is 1. The smallest absolute Gasteiger partial charge is 0.307 e. The second kappa shape index (κ2) is 5.43. The Morgan fingerprint density at radius 2 is 1.84 bits per heavy atom. The summed E-state index contributed by atoms with van der Waals surface area (Å²) in [4.78, 5) is 25.2. The van der Waals surface area contributed by atoms with Gasteiger partial charge in [0, 0.05) is 12.7 Å². The van der Waals surface area contributed by atoms with E-state index >= 15 is 0 Å². The van der Waals surface area contributed by atoms with Gasteiger partial charge in [0.2, 0.25) is 5.91 Å². The third-order valence-electron chi connectivity index (χ3n) is 3.96. The minimum Gasteiger partial charge on any atom is -0.481 e. The number of benzene rings is 1. The van der Waals surface area contributed by atoms with Crippen molar-refractivity contribution in [3.05, 3.63) is 29.8 Å². The Kier molecular flexibility index (Phi) is 3.88. The van der Waals surface area contributed by atoms with Gasteiger partial charge in [0.25, 0.3) is 0 Å². The Morgan fingerprint density at radius 1 is 1.21 bits per heavy atom. The number of carbonyl (C=O) groups is 2. The van der Waals surface area contributed by atoms with Crippen LogP contribution in [0.3, 0.4) is 0 Å². The lowest BCUT2D eigenvalue weighted by atomic mass is 9.94. The molecule has 2 rings (SSSR count). The summed E-state index contributed by atoms with van der Waals surface area (Å²) in [7, 11) is 1.72. The molecule has 2 atom stereocenters. The zero-order valence-corrected chi connectivity index (χ0v) is 11.3. The number of aliphatic carboxylic acids is 1. The number of carbonyl (C=O) groups excluding carboxylic acids is 1. The van der Waals surface area contributed by atoms with Crippen molar-refractivity contribution in [3.8, 4) is 0 Å². The van der Waals surface area contributed by atoms with Gasteiger partial charge < -0.3 is 10.0 Å². The maximum atomic E-state index is 12.5. The minimum atomic E-state index is -0.853. The lowest BCUT2D eigenvalue weighted by Crippen LogP contribution is -2.37. The van der Waals surface area contributed by atoms with Crippen LogP contribution in [0.1, 0.15) is 24.8 Å². The fourth-order valence-electron chi connectivity index (χ4n) is 2.86. The third-order valence-corrected chi connectivity index (χ3v) is 3.96. The third kappa shape index (κ3) is 2.62. The fourth-order valence-corrected chi connectivity index (χ4v) is 2.86. The normalized spacial score (nSPS) is 22.2. The predicted molar refractivity (Wildman–Crippen MR) is 73.1 cm³/mol. The van der Waals surface area contributed by atoms with Gasteiger partial charge in [0.15, 0.2) is 0 Å². The van der Waals surface area contributed by atoms with Crippen LogP contribution in [0.15, 0.2) is 24.3 Å². The number of nitrogens with zero attached hydrogens (tertiary/aromatic N) is 1. The summed E-state index contributed by atoms with van der Waals surface area (Å²) in [5, 5.41) is 9.17. The quantitative estimate of drug-likeness (QED) is 0.909. The zero-order valence-electron chi connectivity index (χ0n) is 11.3. The molecule has 0 aromatic heterocycles. The summed E-state index contributed by atoms with van der Waals surface area (Å²) < 4.78 is 0. The van der Waals surface area contributed by atoms with Crippen LogP contribution in [-0.4, -0.2) is 24.0 Å². The summed E-state index contributed by atoms with van der Waals surface area (Å²) in [5.41, 5.74) is 1.87. The van der Waals surface area contributed by atoms with E-state index in [9.17, 15) is 9.59 Å². The zero-order chi connectivity index (χ0) is 14.0. The molecule has 1 amide bonds. The highest BCUT2D eigenvalue weighted by molar-refractivity contribution is 5.97. The summed E-state index contributed by atoms with van der Waals surface area (Å²) in [5.74, 6) is -1.85. The van der Waals surface area contributed by atoms with Crippen molar-refractivity contribution in [2.45, 2.75) is 26.2 Å². The number of carboxylic acids is 1. The summed E-state index contributed by atoms with van der Waals surface area (Å²) >= 11 is 0. The number of anilines is 1. The van der Waals surface area contributed by atoms with Gasteiger partial charge in [0.1, 0.15) is 0 Å². The molecule has 0 spiro atoms. The van der Waals surface area contributed by atoms with Crippen molar-refractivity contribution in [1.82, 2.24) is 0 Å². The van der Waals surface area contributed by atoms with Crippen LogP contribution in [0.2, 0.25) is 0 Å². The maximum absolute atomic E-state index is 12.5. The topological polar surface area (TPSA) is 57.6 Å². The molecule has 1 aromatic carbocycles. The number of amides is 1. The van der Waals surface area contributed by atoms with Crippen LogP contribution in [0.25, 0.3) is 0 Å². The first-order valence-corrected chi connectivity index (χ1v) is 6.58. The van der Waals surface area contributed by atoms with Crippen LogP contribution in [0, 0.1) is 18.8 Å². The number of aryl methyl sites for hydroxylation is 1. The van der Waals surface area contributed by atoms with E-state index in [0.29, 0.717) is 12.8 Å². The molecule has 4 nitrogen and oxygen atoms in total. The van der Waals surface area contributed by atoms with Crippen molar-refractivity contribution in [2.24, 2.45) is 11.8 Å². The van der Waals surface area contributed by atoms with Crippen molar-refractivity contribution >= 4 is 17.6 Å². The predicted octanol–water partition coefficient (Wildman–Crippen LogP) is 2.46. The SMILES string of the molecule is Cc1ccccc1N(C)C(=O)C1CCCC1C(=O)O. The number of para-hydroxylation sites is 1.